The smallest absolute Gasteiger partial charge is 0.407 e. The molecular weight excluding hydrogens is 945 g/mol. The molecule has 2 saturated heterocycles. The number of hydrogen-bond donors (Lipinski definition) is 4. The number of rotatable bonds is 10. The zero-order chi connectivity index (χ0) is 51.7. The Kier molecular flexibility index (Phi) is 14.0. The molecule has 5 aliphatic carbocycles. The predicted octanol–water partition coefficient (Wildman–Crippen LogP) is 10.3. The number of imidazole rings is 2. The third-order valence-corrected chi connectivity index (χ3v) is 17.0. The number of carbonyl (C=O) groups excluding carboxylic acids is 4. The molecule has 2 aromatic heterocycles. The largest absolute Gasteiger partial charge is 0.453 e. The number of nitriles is 2. The summed E-state index contributed by atoms with van der Waals surface area (Å²) >= 11 is 0. The van der Waals surface area contributed by atoms with Crippen molar-refractivity contribution in [1.82, 2.24) is 40.4 Å². The van der Waals surface area contributed by atoms with Crippen LogP contribution in [0.15, 0.2) is 84.0 Å². The molecule has 4 bridgehead atoms. The van der Waals surface area contributed by atoms with Crippen LogP contribution in [0.1, 0.15) is 137 Å². The number of methoxy groups -OCH3 is 2. The van der Waals surface area contributed by atoms with Crippen molar-refractivity contribution >= 4 is 51.6 Å². The maximum Gasteiger partial charge on any atom is 0.407 e. The Balaban J connectivity index is 0.851. The highest BCUT2D eigenvalue weighted by molar-refractivity contribution is 5.90. The Morgan fingerprint density at radius 2 is 1.24 bits per heavy atom. The first-order chi connectivity index (χ1) is 36.6. The van der Waals surface area contributed by atoms with E-state index in [4.69, 9.17) is 19.4 Å². The number of allylic oxidation sites excluding steroid dienone is 6. The summed E-state index contributed by atoms with van der Waals surface area (Å²) in [5.74, 6) is 1.52. The zero-order valence-electron chi connectivity index (χ0n) is 42.7. The average molecular weight is 1010 g/mol. The summed E-state index contributed by atoms with van der Waals surface area (Å²) in [5.41, 5.74) is 13.0. The number of fused-ring (bicyclic) bond motifs is 8. The molecule has 4 amide bonds. The van der Waals surface area contributed by atoms with E-state index >= 15 is 0 Å². The minimum absolute atomic E-state index is 0.0101. The molecule has 4 heterocycles. The van der Waals surface area contributed by atoms with Crippen molar-refractivity contribution in [3.8, 4) is 23.3 Å². The lowest BCUT2D eigenvalue weighted by atomic mass is 9.84. The van der Waals surface area contributed by atoms with Crippen molar-refractivity contribution in [2.45, 2.75) is 145 Å². The van der Waals surface area contributed by atoms with Crippen molar-refractivity contribution in [1.29, 1.82) is 10.5 Å². The summed E-state index contributed by atoms with van der Waals surface area (Å²) < 4.78 is 9.65. The lowest BCUT2D eigenvalue weighted by Gasteiger charge is -2.35. The highest BCUT2D eigenvalue weighted by atomic mass is 16.5. The number of aromatic nitrogens is 4. The second-order valence-electron chi connectivity index (χ2n) is 21.3. The molecule has 0 unspecified atom stereocenters. The summed E-state index contributed by atoms with van der Waals surface area (Å²) in [6, 6.07) is 21.3. The number of benzene rings is 3. The molecule has 7 aliphatic rings. The van der Waals surface area contributed by atoms with E-state index in [0.29, 0.717) is 11.8 Å². The molecule has 12 rings (SSSR count). The van der Waals surface area contributed by atoms with Gasteiger partial charge in [0.15, 0.2) is 0 Å². The van der Waals surface area contributed by atoms with Gasteiger partial charge in [-0.15, -0.1) is 0 Å². The van der Waals surface area contributed by atoms with Crippen LogP contribution in [0.4, 0.5) is 9.59 Å². The summed E-state index contributed by atoms with van der Waals surface area (Å²) in [5, 5.41) is 24.5. The number of H-pyrrole nitrogens is 2. The van der Waals surface area contributed by atoms with Gasteiger partial charge in [-0.3, -0.25) is 9.59 Å². The van der Waals surface area contributed by atoms with Gasteiger partial charge in [0.05, 0.1) is 73.4 Å². The van der Waals surface area contributed by atoms with Gasteiger partial charge in [-0.25, -0.2) is 19.6 Å². The van der Waals surface area contributed by atoms with Crippen LogP contribution in [0.25, 0.3) is 38.8 Å². The molecule has 5 aromatic rings. The van der Waals surface area contributed by atoms with Crippen LogP contribution in [0, 0.1) is 34.5 Å². The van der Waals surface area contributed by atoms with Crippen molar-refractivity contribution in [3.05, 3.63) is 112 Å². The van der Waals surface area contributed by atoms with Crippen molar-refractivity contribution in [3.63, 3.8) is 0 Å². The number of likely N-dealkylation sites (tertiary alicyclic amines) is 2. The Morgan fingerprint density at radius 3 is 1.81 bits per heavy atom. The van der Waals surface area contributed by atoms with Crippen LogP contribution in [0.3, 0.4) is 0 Å². The highest BCUT2D eigenvalue weighted by Crippen LogP contribution is 2.48. The normalized spacial score (nSPS) is 24.0. The summed E-state index contributed by atoms with van der Waals surface area (Å²) in [6.45, 7) is 0. The van der Waals surface area contributed by atoms with Crippen LogP contribution >= 0.6 is 0 Å². The van der Waals surface area contributed by atoms with E-state index in [1.165, 1.54) is 47.6 Å². The lowest BCUT2D eigenvalue weighted by molar-refractivity contribution is -0.138. The number of amides is 4. The van der Waals surface area contributed by atoms with Gasteiger partial charge < -0.3 is 39.9 Å². The number of ether oxygens (including phenoxy) is 2. The quantitative estimate of drug-likeness (QED) is 0.104. The second kappa shape index (κ2) is 21.3. The molecule has 8 atom stereocenters. The molecule has 4 N–H and O–H groups in total. The number of carbonyl (C=O) groups is 4. The first kappa shape index (κ1) is 49.5. The van der Waals surface area contributed by atoms with Crippen LogP contribution in [-0.2, 0) is 31.9 Å². The standard InChI is InChI=1S/C59H64N10O6/c1-74-58(72)66-46(24-26-60)56(70)68-50-12-5-3-9-40(50)32-52(68)54-62-44-22-20-38(30-48(44)64-54)42-28-34-8-7-11-36(42)17-15-35-16-19-37(18-14-34)43(29-35)39-21-23-45-49(31-39)65-55(63-45)53-33-41-10-4-6-13-51(41)69(53)57(71)47(25-27-61)67-59(73)75-2/h8,11,16,19-23,28-31,40-41,46-47,50-53H,3-7,9-10,12-15,17-18,24-25,32-33H2,1-2H3,(H,62,64)(H,63,65)(H,66,72)(H,67,73)/t40-,41-,46-,47-,50-,51-,52-,53-/m0/s1. The summed E-state index contributed by atoms with van der Waals surface area (Å²) in [4.78, 5) is 74.6. The average Bonchev–Trinajstić information content (AvgIpc) is 4.23. The number of hydrogen-bond acceptors (Lipinski definition) is 10. The molecule has 0 radical (unpaired) electrons. The Labute approximate surface area is 436 Å². The van der Waals surface area contributed by atoms with Gasteiger partial charge in [0.1, 0.15) is 23.7 Å². The molecule has 3 aromatic carbocycles. The van der Waals surface area contributed by atoms with Gasteiger partial charge in [-0.1, -0.05) is 79.8 Å². The van der Waals surface area contributed by atoms with Crippen LogP contribution in [0.2, 0.25) is 0 Å². The van der Waals surface area contributed by atoms with E-state index in [9.17, 15) is 29.7 Å². The maximum absolute atomic E-state index is 14.3. The van der Waals surface area contributed by atoms with Crippen LogP contribution in [0.5, 0.6) is 0 Å². The molecule has 2 aliphatic heterocycles. The molecule has 0 spiro atoms. The maximum atomic E-state index is 14.3. The number of aryl methyl sites for hydroxylation is 2. The summed E-state index contributed by atoms with van der Waals surface area (Å²) in [6.07, 6.45) is 19.1. The predicted molar refractivity (Wildman–Crippen MR) is 282 cm³/mol. The third-order valence-electron chi connectivity index (χ3n) is 17.0. The Bertz CT molecular complexity index is 3240. The molecular formula is C59H64N10O6. The fourth-order valence-electron chi connectivity index (χ4n) is 13.4. The molecule has 2 saturated carbocycles. The number of nitrogens with zero attached hydrogens (tertiary/aromatic N) is 6. The Hall–Kier alpha value is -7.72. The second-order valence-corrected chi connectivity index (χ2v) is 21.3. The fraction of sp³-hybridized carbons (Fsp3) is 0.458. The SMILES string of the molecule is COC(=O)N[C@@H](CC#N)C(=O)N1[C@H](c2nc3cc(C4=CC5=CCC=C4CCc4ccc(c(-c6ccc7[nH]c([C@@H]8C[C@@H]9CCCC[C@@H]9N8C(=O)[C@H](CC#N)NC(=O)OC)nc7c6)c4)CC5)ccc3[nH]2)C[C@@H]2CCCC[C@@H]21. The molecule has 386 valence electrons. The zero-order valence-corrected chi connectivity index (χ0v) is 42.7. The minimum atomic E-state index is -1.02. The molecule has 16 heteroatoms. The van der Waals surface area contributed by atoms with Crippen molar-refractivity contribution in [2.24, 2.45) is 11.8 Å². The third kappa shape index (κ3) is 9.79. The van der Waals surface area contributed by atoms with Gasteiger partial charge in [-0.2, -0.15) is 10.5 Å². The number of alkyl carbamates (subject to hydrolysis) is 2. The van der Waals surface area contributed by atoms with Crippen LogP contribution < -0.4 is 10.6 Å². The fourth-order valence-corrected chi connectivity index (χ4v) is 13.4. The first-order valence-corrected chi connectivity index (χ1v) is 26.9. The summed E-state index contributed by atoms with van der Waals surface area (Å²) in [7, 11) is 2.50. The minimum Gasteiger partial charge on any atom is -0.453 e. The molecule has 16 nitrogen and oxygen atoms in total. The van der Waals surface area contributed by atoms with Gasteiger partial charge in [0.25, 0.3) is 0 Å². The van der Waals surface area contributed by atoms with E-state index in [0.717, 1.165) is 141 Å². The van der Waals surface area contributed by atoms with E-state index in [-0.39, 0.29) is 48.8 Å². The van der Waals surface area contributed by atoms with Gasteiger partial charge in [-0.05, 0) is 146 Å². The highest BCUT2D eigenvalue weighted by Gasteiger charge is 2.49. The molecule has 4 fully saturated rings. The van der Waals surface area contributed by atoms with Gasteiger partial charge >= 0.3 is 12.2 Å². The topological polar surface area (TPSA) is 222 Å². The van der Waals surface area contributed by atoms with Crippen molar-refractivity contribution in [2.75, 3.05) is 14.2 Å². The van der Waals surface area contributed by atoms with Crippen molar-refractivity contribution < 1.29 is 28.7 Å². The molecule has 75 heavy (non-hydrogen) atoms. The monoisotopic (exact) mass is 1010 g/mol. The van der Waals surface area contributed by atoms with Crippen LogP contribution in [-0.4, -0.2) is 92.1 Å². The lowest BCUT2D eigenvalue weighted by Crippen LogP contribution is -2.51. The van der Waals surface area contributed by atoms with Gasteiger partial charge in [0, 0.05) is 12.1 Å². The van der Waals surface area contributed by atoms with E-state index in [1.807, 2.05) is 9.80 Å². The van der Waals surface area contributed by atoms with Gasteiger partial charge in [0.2, 0.25) is 11.8 Å². The Morgan fingerprint density at radius 1 is 0.680 bits per heavy atom. The first-order valence-electron chi connectivity index (χ1n) is 26.9. The number of nitrogens with one attached hydrogen (secondary N) is 4. The van der Waals surface area contributed by atoms with E-state index in [1.54, 1.807) is 0 Å². The van der Waals surface area contributed by atoms with E-state index in [2.05, 4.69) is 106 Å². The van der Waals surface area contributed by atoms with E-state index < -0.39 is 24.3 Å². The number of aromatic amines is 2.